The Labute approximate surface area is 108 Å². The third kappa shape index (κ3) is 2.69. The molecule has 0 amide bonds. The fourth-order valence-corrected chi connectivity index (χ4v) is 1.78. The lowest BCUT2D eigenvalue weighted by Gasteiger charge is -2.13. The van der Waals surface area contributed by atoms with E-state index in [1.54, 1.807) is 10.8 Å². The average molecular weight is 270 g/mol. The normalized spacial score (nSPS) is 11.8. The van der Waals surface area contributed by atoms with Crippen LogP contribution in [0.3, 0.4) is 0 Å². The number of halogens is 3. The van der Waals surface area contributed by atoms with Crippen LogP contribution in [0.25, 0.3) is 5.69 Å². The maximum absolute atomic E-state index is 12.7. The molecule has 0 bridgehead atoms. The molecule has 2 aromatic heterocycles. The number of hydrogen-bond donors (Lipinski definition) is 1. The van der Waals surface area contributed by atoms with E-state index in [0.29, 0.717) is 12.2 Å². The Hall–Kier alpha value is -2.05. The van der Waals surface area contributed by atoms with Gasteiger partial charge in [0.1, 0.15) is 11.5 Å². The Balaban J connectivity index is 2.52. The van der Waals surface area contributed by atoms with Crippen molar-refractivity contribution in [3.63, 3.8) is 0 Å². The van der Waals surface area contributed by atoms with Crippen LogP contribution in [0, 0.1) is 0 Å². The van der Waals surface area contributed by atoms with E-state index < -0.39 is 11.9 Å². The van der Waals surface area contributed by atoms with Crippen molar-refractivity contribution in [1.82, 2.24) is 14.5 Å². The molecule has 0 fully saturated rings. The number of nitrogens with two attached hydrogens (primary N) is 1. The maximum Gasteiger partial charge on any atom is 0.433 e. The number of rotatable bonds is 3. The van der Waals surface area contributed by atoms with Gasteiger partial charge < -0.3 is 10.3 Å². The van der Waals surface area contributed by atoms with Gasteiger partial charge in [-0.2, -0.15) is 13.2 Å². The fraction of sp³-hybridized carbons (Fsp3) is 0.333. The smallest absolute Gasteiger partial charge is 0.396 e. The molecule has 0 saturated heterocycles. The molecule has 0 radical (unpaired) electrons. The zero-order valence-electron chi connectivity index (χ0n) is 10.3. The molecule has 19 heavy (non-hydrogen) atoms. The molecule has 0 saturated carbocycles. The molecule has 0 aliphatic rings. The summed E-state index contributed by atoms with van der Waals surface area (Å²) in [5, 5.41) is 0. The maximum atomic E-state index is 12.7. The van der Waals surface area contributed by atoms with Gasteiger partial charge in [-0.05, 0) is 12.5 Å². The van der Waals surface area contributed by atoms with Gasteiger partial charge in [-0.15, -0.1) is 0 Å². The van der Waals surface area contributed by atoms with Crippen LogP contribution < -0.4 is 5.73 Å². The van der Waals surface area contributed by atoms with Crippen LogP contribution in [-0.4, -0.2) is 14.5 Å². The highest BCUT2D eigenvalue weighted by Crippen LogP contribution is 2.30. The quantitative estimate of drug-likeness (QED) is 0.933. The number of aryl methyl sites for hydroxylation is 1. The van der Waals surface area contributed by atoms with Crippen molar-refractivity contribution in [2.75, 3.05) is 5.73 Å². The summed E-state index contributed by atoms with van der Waals surface area (Å²) in [4.78, 5) is 7.43. The second-order valence-corrected chi connectivity index (χ2v) is 4.09. The molecule has 0 atom stereocenters. The first kappa shape index (κ1) is 13.4. The van der Waals surface area contributed by atoms with Crippen molar-refractivity contribution >= 4 is 5.69 Å². The van der Waals surface area contributed by atoms with E-state index in [4.69, 9.17) is 5.73 Å². The third-order valence-electron chi connectivity index (χ3n) is 2.65. The molecule has 0 aromatic carbocycles. The van der Waals surface area contributed by atoms with E-state index in [1.165, 1.54) is 6.20 Å². The van der Waals surface area contributed by atoms with Gasteiger partial charge in [0.2, 0.25) is 0 Å². The van der Waals surface area contributed by atoms with Crippen molar-refractivity contribution in [3.05, 3.63) is 36.2 Å². The van der Waals surface area contributed by atoms with E-state index >= 15 is 0 Å². The van der Waals surface area contributed by atoms with Crippen molar-refractivity contribution < 1.29 is 13.2 Å². The lowest BCUT2D eigenvalue weighted by atomic mass is 10.2. The van der Waals surface area contributed by atoms with Gasteiger partial charge in [0, 0.05) is 18.8 Å². The number of nitrogen functional groups attached to an aromatic ring is 1. The van der Waals surface area contributed by atoms with Gasteiger partial charge in [0.05, 0.1) is 17.6 Å². The summed E-state index contributed by atoms with van der Waals surface area (Å²) < 4.78 is 39.6. The number of imidazole rings is 1. The Morgan fingerprint density at radius 3 is 2.68 bits per heavy atom. The Morgan fingerprint density at radius 2 is 2.05 bits per heavy atom. The molecule has 102 valence electrons. The highest BCUT2D eigenvalue weighted by Gasteiger charge is 2.33. The van der Waals surface area contributed by atoms with Crippen LogP contribution >= 0.6 is 0 Å². The monoisotopic (exact) mass is 270 g/mol. The number of alkyl halides is 3. The van der Waals surface area contributed by atoms with E-state index in [1.807, 2.05) is 6.92 Å². The van der Waals surface area contributed by atoms with Crippen molar-refractivity contribution in [1.29, 1.82) is 0 Å². The predicted octanol–water partition coefficient (Wildman–Crippen LogP) is 2.82. The van der Waals surface area contributed by atoms with E-state index in [9.17, 15) is 13.2 Å². The first-order chi connectivity index (χ1) is 8.93. The van der Waals surface area contributed by atoms with Crippen molar-refractivity contribution in [2.45, 2.75) is 25.9 Å². The molecule has 0 unspecified atom stereocenters. The Morgan fingerprint density at radius 1 is 1.32 bits per heavy atom. The molecule has 2 heterocycles. The predicted molar refractivity (Wildman–Crippen MR) is 64.8 cm³/mol. The molecular formula is C12H13F3N4. The highest BCUT2D eigenvalue weighted by molar-refractivity contribution is 5.57. The minimum Gasteiger partial charge on any atom is -0.396 e. The van der Waals surface area contributed by atoms with E-state index in [0.717, 1.165) is 18.7 Å². The molecular weight excluding hydrogens is 257 g/mol. The number of aromatic nitrogens is 3. The molecule has 2 rings (SSSR count). The number of anilines is 1. The molecule has 2 aromatic rings. The van der Waals surface area contributed by atoms with Crippen LogP contribution in [0.4, 0.5) is 18.9 Å². The van der Waals surface area contributed by atoms with Crippen LogP contribution in [0.15, 0.2) is 24.7 Å². The first-order valence-corrected chi connectivity index (χ1v) is 5.78. The second-order valence-electron chi connectivity index (χ2n) is 4.09. The molecule has 0 aliphatic carbocycles. The summed E-state index contributed by atoms with van der Waals surface area (Å²) in [6.07, 6.45) is 1.17. The van der Waals surface area contributed by atoms with E-state index in [2.05, 4.69) is 9.97 Å². The van der Waals surface area contributed by atoms with Crippen molar-refractivity contribution in [3.8, 4) is 5.69 Å². The molecule has 4 nitrogen and oxygen atoms in total. The van der Waals surface area contributed by atoms with Crippen molar-refractivity contribution in [2.24, 2.45) is 0 Å². The zero-order valence-corrected chi connectivity index (χ0v) is 10.3. The topological polar surface area (TPSA) is 56.7 Å². The lowest BCUT2D eigenvalue weighted by molar-refractivity contribution is -0.141. The standard InChI is InChI=1S/C12H13F3N4/c1-2-3-11-17-4-5-19(11)9-6-10(12(13,14)15)18-7-8(9)16/h4-7H,2-3,16H2,1H3. The van der Waals surface area contributed by atoms with Crippen LogP contribution in [0.1, 0.15) is 24.9 Å². The summed E-state index contributed by atoms with van der Waals surface area (Å²) in [5.41, 5.74) is 5.18. The summed E-state index contributed by atoms with van der Waals surface area (Å²) in [6, 6.07) is 0.941. The van der Waals surface area contributed by atoms with Gasteiger partial charge >= 0.3 is 6.18 Å². The highest BCUT2D eigenvalue weighted by atomic mass is 19.4. The number of pyridine rings is 1. The van der Waals surface area contributed by atoms with Crippen LogP contribution in [-0.2, 0) is 12.6 Å². The minimum absolute atomic E-state index is 0.184. The number of nitrogens with zero attached hydrogens (tertiary/aromatic N) is 3. The van der Waals surface area contributed by atoms with Gasteiger partial charge in [0.25, 0.3) is 0 Å². The molecule has 7 heteroatoms. The minimum atomic E-state index is -4.49. The average Bonchev–Trinajstić information content (AvgIpc) is 2.77. The summed E-state index contributed by atoms with van der Waals surface area (Å²) in [5.74, 6) is 0.675. The summed E-state index contributed by atoms with van der Waals surface area (Å²) in [6.45, 7) is 1.97. The SMILES string of the molecule is CCCc1nccn1-c1cc(C(F)(F)F)ncc1N. The van der Waals surface area contributed by atoms with Gasteiger partial charge in [0.15, 0.2) is 0 Å². The van der Waals surface area contributed by atoms with Crippen LogP contribution in [0.5, 0.6) is 0 Å². The molecule has 0 aliphatic heterocycles. The van der Waals surface area contributed by atoms with E-state index in [-0.39, 0.29) is 11.4 Å². The van der Waals surface area contributed by atoms with Gasteiger partial charge in [-0.3, -0.25) is 0 Å². The summed E-state index contributed by atoms with van der Waals surface area (Å²) >= 11 is 0. The molecule has 0 spiro atoms. The Kier molecular flexibility index (Phi) is 3.46. The third-order valence-corrected chi connectivity index (χ3v) is 2.65. The Bertz CT molecular complexity index is 575. The first-order valence-electron chi connectivity index (χ1n) is 5.78. The number of hydrogen-bond acceptors (Lipinski definition) is 3. The largest absolute Gasteiger partial charge is 0.433 e. The fourth-order valence-electron chi connectivity index (χ4n) is 1.78. The van der Waals surface area contributed by atoms with Gasteiger partial charge in [-0.25, -0.2) is 9.97 Å². The molecule has 2 N–H and O–H groups in total. The van der Waals surface area contributed by atoms with Crippen LogP contribution in [0.2, 0.25) is 0 Å². The zero-order chi connectivity index (χ0) is 14.0. The lowest BCUT2D eigenvalue weighted by Crippen LogP contribution is -2.11. The second kappa shape index (κ2) is 4.91. The van der Waals surface area contributed by atoms with Gasteiger partial charge in [-0.1, -0.05) is 6.92 Å². The summed E-state index contributed by atoms with van der Waals surface area (Å²) in [7, 11) is 0.